The van der Waals surface area contributed by atoms with Crippen LogP contribution in [0.15, 0.2) is 17.1 Å². The third-order valence-corrected chi connectivity index (χ3v) is 4.78. The average Bonchev–Trinajstić information content (AvgIpc) is 2.45. The number of aromatic hydroxyl groups is 1. The van der Waals surface area contributed by atoms with Gasteiger partial charge in [-0.05, 0) is 41.7 Å². The second-order valence-electron chi connectivity index (χ2n) is 9.03. The van der Waals surface area contributed by atoms with E-state index < -0.39 is 0 Å². The Bertz CT molecular complexity index is 645. The number of benzene rings is 1. The second-order valence-corrected chi connectivity index (χ2v) is 9.03. The number of hydrogen-bond donors (Lipinski definition) is 2. The van der Waals surface area contributed by atoms with Crippen molar-refractivity contribution in [1.82, 2.24) is 0 Å². The van der Waals surface area contributed by atoms with Crippen molar-refractivity contribution in [2.45, 2.75) is 84.1 Å². The Labute approximate surface area is 146 Å². The van der Waals surface area contributed by atoms with Crippen LogP contribution in [0.5, 0.6) is 5.75 Å². The van der Waals surface area contributed by atoms with Crippen LogP contribution in [-0.2, 0) is 10.8 Å². The van der Waals surface area contributed by atoms with Crippen molar-refractivity contribution >= 4 is 11.9 Å². The molecule has 1 aromatic rings. The molecular formula is C21H32N2O. The first-order valence-electron chi connectivity index (χ1n) is 8.98. The second kappa shape index (κ2) is 6.70. The van der Waals surface area contributed by atoms with Gasteiger partial charge in [0.2, 0.25) is 0 Å². The van der Waals surface area contributed by atoms with Gasteiger partial charge in [-0.15, -0.1) is 0 Å². The number of rotatable bonds is 2. The van der Waals surface area contributed by atoms with Crippen molar-refractivity contribution in [2.24, 2.45) is 4.99 Å². The van der Waals surface area contributed by atoms with Crippen molar-refractivity contribution in [3.05, 3.63) is 28.8 Å². The van der Waals surface area contributed by atoms with E-state index in [9.17, 15) is 5.11 Å². The quantitative estimate of drug-likeness (QED) is 0.705. The van der Waals surface area contributed by atoms with E-state index in [-0.39, 0.29) is 16.9 Å². The van der Waals surface area contributed by atoms with Gasteiger partial charge in [-0.2, -0.15) is 0 Å². The SMILES string of the molecule is CC(C)(C)c1cc(/C=N/[C@H]2CCCCC2=N)c(O)c(C(C)(C)C)c1. The van der Waals surface area contributed by atoms with Crippen LogP contribution in [0.25, 0.3) is 0 Å². The third kappa shape index (κ3) is 4.25. The van der Waals surface area contributed by atoms with Crippen LogP contribution in [-0.4, -0.2) is 23.1 Å². The molecule has 1 aliphatic carbocycles. The van der Waals surface area contributed by atoms with Crippen LogP contribution >= 0.6 is 0 Å². The zero-order valence-electron chi connectivity index (χ0n) is 16.0. The molecule has 2 N–H and O–H groups in total. The highest BCUT2D eigenvalue weighted by Gasteiger charge is 2.25. The van der Waals surface area contributed by atoms with E-state index in [1.54, 1.807) is 6.21 Å². The predicted molar refractivity (Wildman–Crippen MR) is 103 cm³/mol. The molecule has 0 aliphatic heterocycles. The fourth-order valence-corrected chi connectivity index (χ4v) is 3.09. The maximum absolute atomic E-state index is 10.8. The first-order chi connectivity index (χ1) is 11.0. The molecule has 3 nitrogen and oxygen atoms in total. The van der Waals surface area contributed by atoms with Gasteiger partial charge in [0.1, 0.15) is 5.75 Å². The minimum Gasteiger partial charge on any atom is -0.507 e. The zero-order chi connectivity index (χ0) is 18.1. The summed E-state index contributed by atoms with van der Waals surface area (Å²) >= 11 is 0. The molecule has 0 aromatic heterocycles. The minimum absolute atomic E-state index is 0.00777. The van der Waals surface area contributed by atoms with E-state index in [4.69, 9.17) is 5.41 Å². The van der Waals surface area contributed by atoms with Gasteiger partial charge in [-0.25, -0.2) is 0 Å². The molecule has 0 unspecified atom stereocenters. The summed E-state index contributed by atoms with van der Waals surface area (Å²) in [4.78, 5) is 4.63. The summed E-state index contributed by atoms with van der Waals surface area (Å²) < 4.78 is 0. The van der Waals surface area contributed by atoms with Crippen molar-refractivity contribution in [3.63, 3.8) is 0 Å². The molecule has 0 heterocycles. The van der Waals surface area contributed by atoms with Crippen LogP contribution < -0.4 is 0 Å². The van der Waals surface area contributed by atoms with Gasteiger partial charge < -0.3 is 10.5 Å². The van der Waals surface area contributed by atoms with Crippen LogP contribution in [0.2, 0.25) is 0 Å². The van der Waals surface area contributed by atoms with Gasteiger partial charge in [0, 0.05) is 23.1 Å². The summed E-state index contributed by atoms with van der Waals surface area (Å²) in [5.74, 6) is 0.321. The molecule has 0 spiro atoms. The van der Waals surface area contributed by atoms with Gasteiger partial charge in [-0.1, -0.05) is 54.0 Å². The first kappa shape index (κ1) is 18.7. The summed E-state index contributed by atoms with van der Waals surface area (Å²) in [6, 6.07) is 4.14. The Hall–Kier alpha value is -1.64. The average molecular weight is 329 g/mol. The highest BCUT2D eigenvalue weighted by atomic mass is 16.3. The van der Waals surface area contributed by atoms with Gasteiger partial charge in [0.15, 0.2) is 0 Å². The number of aliphatic imine (C=N–C) groups is 1. The Morgan fingerprint density at radius 2 is 1.75 bits per heavy atom. The van der Waals surface area contributed by atoms with Crippen LogP contribution in [0.3, 0.4) is 0 Å². The number of hydrogen-bond acceptors (Lipinski definition) is 3. The lowest BCUT2D eigenvalue weighted by molar-refractivity contribution is 0.444. The molecule has 3 heteroatoms. The molecule has 1 aliphatic rings. The summed E-state index contributed by atoms with van der Waals surface area (Å²) in [6.45, 7) is 12.9. The Morgan fingerprint density at radius 1 is 1.08 bits per heavy atom. The van der Waals surface area contributed by atoms with Crippen molar-refractivity contribution in [3.8, 4) is 5.75 Å². The lowest BCUT2D eigenvalue weighted by Gasteiger charge is -2.27. The molecule has 1 atom stereocenters. The Balaban J connectivity index is 2.46. The highest BCUT2D eigenvalue weighted by Crippen LogP contribution is 2.37. The van der Waals surface area contributed by atoms with E-state index >= 15 is 0 Å². The summed E-state index contributed by atoms with van der Waals surface area (Å²) in [5.41, 5.74) is 3.52. The predicted octanol–water partition coefficient (Wildman–Crippen LogP) is 5.37. The van der Waals surface area contributed by atoms with Crippen LogP contribution in [0.1, 0.15) is 83.9 Å². The maximum atomic E-state index is 10.8. The lowest BCUT2D eigenvalue weighted by atomic mass is 9.79. The first-order valence-corrected chi connectivity index (χ1v) is 8.98. The monoisotopic (exact) mass is 328 g/mol. The van der Waals surface area contributed by atoms with E-state index in [0.717, 1.165) is 42.5 Å². The largest absolute Gasteiger partial charge is 0.507 e. The summed E-state index contributed by atoms with van der Waals surface area (Å²) in [5, 5.41) is 18.8. The Kier molecular flexibility index (Phi) is 5.22. The smallest absolute Gasteiger partial charge is 0.128 e. The molecule has 0 amide bonds. The highest BCUT2D eigenvalue weighted by molar-refractivity contribution is 5.91. The van der Waals surface area contributed by atoms with E-state index in [1.807, 2.05) is 6.07 Å². The van der Waals surface area contributed by atoms with Gasteiger partial charge in [0.25, 0.3) is 0 Å². The molecule has 1 saturated carbocycles. The van der Waals surface area contributed by atoms with E-state index in [0.29, 0.717) is 5.75 Å². The normalized spacial score (nSPS) is 19.9. The number of nitrogens with one attached hydrogen (secondary N) is 1. The number of nitrogens with zero attached hydrogens (tertiary/aromatic N) is 1. The molecule has 1 aromatic carbocycles. The van der Waals surface area contributed by atoms with Crippen LogP contribution in [0, 0.1) is 5.41 Å². The topological polar surface area (TPSA) is 56.4 Å². The molecule has 24 heavy (non-hydrogen) atoms. The van der Waals surface area contributed by atoms with E-state index in [2.05, 4.69) is 52.6 Å². The van der Waals surface area contributed by atoms with Gasteiger partial charge in [-0.3, -0.25) is 4.99 Å². The molecule has 0 radical (unpaired) electrons. The minimum atomic E-state index is -0.133. The Morgan fingerprint density at radius 3 is 2.29 bits per heavy atom. The molecule has 132 valence electrons. The van der Waals surface area contributed by atoms with Crippen LogP contribution in [0.4, 0.5) is 0 Å². The zero-order valence-corrected chi connectivity index (χ0v) is 16.0. The van der Waals surface area contributed by atoms with Gasteiger partial charge in [0.05, 0.1) is 6.04 Å². The standard InChI is InChI=1S/C21H32N2O/c1-20(2,3)15-11-14(19(24)16(12-15)21(4,5)6)13-23-18-10-8-7-9-17(18)22/h11-13,18,22,24H,7-10H2,1-6H3/b22-17?,23-13+/t18-/m0/s1. The molecule has 0 saturated heterocycles. The van der Waals surface area contributed by atoms with Crippen molar-refractivity contribution in [2.75, 3.05) is 0 Å². The van der Waals surface area contributed by atoms with Crippen molar-refractivity contribution in [1.29, 1.82) is 5.41 Å². The van der Waals surface area contributed by atoms with Crippen molar-refractivity contribution < 1.29 is 5.11 Å². The molecule has 0 bridgehead atoms. The fraction of sp³-hybridized carbons (Fsp3) is 0.619. The molecular weight excluding hydrogens is 296 g/mol. The maximum Gasteiger partial charge on any atom is 0.128 e. The molecule has 2 rings (SSSR count). The number of phenolic OH excluding ortho intramolecular Hbond substituents is 1. The van der Waals surface area contributed by atoms with E-state index in [1.165, 1.54) is 5.56 Å². The number of phenols is 1. The summed E-state index contributed by atoms with van der Waals surface area (Å²) in [7, 11) is 0. The lowest BCUT2D eigenvalue weighted by Crippen LogP contribution is -2.22. The summed E-state index contributed by atoms with van der Waals surface area (Å²) in [6.07, 6.45) is 5.81. The molecule has 1 fully saturated rings. The fourth-order valence-electron chi connectivity index (χ4n) is 3.09. The third-order valence-electron chi connectivity index (χ3n) is 4.78. The van der Waals surface area contributed by atoms with Gasteiger partial charge >= 0.3 is 0 Å².